The second-order valence-electron chi connectivity index (χ2n) is 8.21. The number of nitriles is 2. The van der Waals surface area contributed by atoms with Gasteiger partial charge in [-0.05, 0) is 41.5 Å². The molecule has 4 rings (SSSR count). The molecule has 4 aromatic rings. The van der Waals surface area contributed by atoms with Crippen molar-refractivity contribution in [3.05, 3.63) is 119 Å². The van der Waals surface area contributed by atoms with E-state index in [4.69, 9.17) is 4.74 Å². The Bertz CT molecular complexity index is 1410. The fourth-order valence-corrected chi connectivity index (χ4v) is 3.75. The highest BCUT2D eigenvalue weighted by Gasteiger charge is 2.26. The Morgan fingerprint density at radius 2 is 1.44 bits per heavy atom. The third-order valence-corrected chi connectivity index (χ3v) is 5.65. The Labute approximate surface area is 199 Å². The molecule has 0 radical (unpaired) electrons. The lowest BCUT2D eigenvalue weighted by molar-refractivity contribution is 0.480. The van der Waals surface area contributed by atoms with Crippen molar-refractivity contribution in [3.63, 3.8) is 0 Å². The van der Waals surface area contributed by atoms with E-state index in [0.717, 1.165) is 16.8 Å². The Balaban J connectivity index is 1.79. The van der Waals surface area contributed by atoms with Crippen LogP contribution in [0.15, 0.2) is 107 Å². The minimum absolute atomic E-state index is 0.200. The molecule has 0 amide bonds. The van der Waals surface area contributed by atoms with Gasteiger partial charge < -0.3 is 4.74 Å². The van der Waals surface area contributed by atoms with Crippen molar-refractivity contribution in [2.45, 2.75) is 19.3 Å². The van der Waals surface area contributed by atoms with Crippen molar-refractivity contribution in [2.24, 2.45) is 10.2 Å². The molecule has 0 atom stereocenters. The molecule has 0 heterocycles. The summed E-state index contributed by atoms with van der Waals surface area (Å²) < 4.78 is 6.03. The highest BCUT2D eigenvalue weighted by Crippen LogP contribution is 2.40. The van der Waals surface area contributed by atoms with E-state index in [0.29, 0.717) is 17.2 Å². The number of azo groups is 1. The van der Waals surface area contributed by atoms with Crippen LogP contribution in [0.4, 0.5) is 11.4 Å². The summed E-state index contributed by atoms with van der Waals surface area (Å²) in [5, 5.41) is 27.9. The average molecular weight is 443 g/mol. The van der Waals surface area contributed by atoms with Gasteiger partial charge in [-0.15, -0.1) is 0 Å². The van der Waals surface area contributed by atoms with Gasteiger partial charge in [-0.2, -0.15) is 20.8 Å². The molecule has 0 aliphatic carbocycles. The number of rotatable bonds is 6. The Morgan fingerprint density at radius 3 is 2.12 bits per heavy atom. The highest BCUT2D eigenvalue weighted by atomic mass is 16.5. The number of benzene rings is 4. The first-order chi connectivity index (χ1) is 16.5. The van der Waals surface area contributed by atoms with Crippen LogP contribution in [0, 0.1) is 22.7 Å². The van der Waals surface area contributed by atoms with Crippen LogP contribution in [-0.4, -0.2) is 0 Å². The number of hydrogen-bond acceptors (Lipinski definition) is 5. The van der Waals surface area contributed by atoms with Crippen molar-refractivity contribution < 1.29 is 4.74 Å². The maximum absolute atomic E-state index is 9.54. The molecule has 5 nitrogen and oxygen atoms in total. The molecule has 0 spiro atoms. The van der Waals surface area contributed by atoms with Crippen molar-refractivity contribution >= 4 is 11.4 Å². The predicted octanol–water partition coefficient (Wildman–Crippen LogP) is 7.96. The number of nitrogens with zero attached hydrogens (tertiary/aromatic N) is 4. The topological polar surface area (TPSA) is 81.5 Å². The number of hydrogen-bond donors (Lipinski definition) is 0. The largest absolute Gasteiger partial charge is 0.456 e. The molecule has 0 aliphatic rings. The van der Waals surface area contributed by atoms with Gasteiger partial charge in [0.2, 0.25) is 0 Å². The Hall–Kier alpha value is -4.74. The van der Waals surface area contributed by atoms with Gasteiger partial charge in [0.1, 0.15) is 29.2 Å². The monoisotopic (exact) mass is 442 g/mol. The normalized spacial score (nSPS) is 11.1. The molecule has 0 fully saturated rings. The van der Waals surface area contributed by atoms with Crippen LogP contribution >= 0.6 is 0 Å². The second-order valence-corrected chi connectivity index (χ2v) is 8.21. The lowest BCUT2D eigenvalue weighted by Crippen LogP contribution is -2.19. The van der Waals surface area contributed by atoms with Gasteiger partial charge in [-0.25, -0.2) is 0 Å². The van der Waals surface area contributed by atoms with E-state index in [2.05, 4.69) is 42.3 Å². The van der Waals surface area contributed by atoms with E-state index < -0.39 is 0 Å². The fourth-order valence-electron chi connectivity index (χ4n) is 3.75. The molecule has 164 valence electrons. The van der Waals surface area contributed by atoms with E-state index in [9.17, 15) is 10.5 Å². The van der Waals surface area contributed by atoms with Gasteiger partial charge in [0.25, 0.3) is 0 Å². The zero-order valence-electron chi connectivity index (χ0n) is 18.9. The smallest absolute Gasteiger partial charge is 0.146 e. The maximum Gasteiger partial charge on any atom is 0.146 e. The Morgan fingerprint density at radius 1 is 0.735 bits per heavy atom. The molecule has 0 bridgehead atoms. The van der Waals surface area contributed by atoms with Crippen LogP contribution in [0.3, 0.4) is 0 Å². The first kappa shape index (κ1) is 22.5. The molecule has 0 aromatic heterocycles. The molecule has 0 saturated carbocycles. The summed E-state index contributed by atoms with van der Waals surface area (Å²) in [6, 6.07) is 34.4. The fraction of sp³-hybridized carbons (Fsp3) is 0.103. The van der Waals surface area contributed by atoms with Crippen molar-refractivity contribution in [1.82, 2.24) is 0 Å². The third kappa shape index (κ3) is 4.70. The van der Waals surface area contributed by atoms with E-state index in [-0.39, 0.29) is 16.5 Å². The summed E-state index contributed by atoms with van der Waals surface area (Å²) in [5.41, 5.74) is 3.65. The summed E-state index contributed by atoms with van der Waals surface area (Å²) in [6.07, 6.45) is 0. The first-order valence-corrected chi connectivity index (χ1v) is 10.8. The van der Waals surface area contributed by atoms with Gasteiger partial charge in [0, 0.05) is 11.5 Å². The van der Waals surface area contributed by atoms with Crippen LogP contribution in [0.2, 0.25) is 0 Å². The van der Waals surface area contributed by atoms with E-state index in [1.807, 2.05) is 72.8 Å². The van der Waals surface area contributed by atoms with Gasteiger partial charge >= 0.3 is 0 Å². The lowest BCUT2D eigenvalue weighted by Gasteiger charge is -2.27. The predicted molar refractivity (Wildman–Crippen MR) is 132 cm³/mol. The molecular weight excluding hydrogens is 420 g/mol. The summed E-state index contributed by atoms with van der Waals surface area (Å²) in [6.45, 7) is 4.29. The van der Waals surface area contributed by atoms with Gasteiger partial charge in [0.15, 0.2) is 0 Å². The van der Waals surface area contributed by atoms with Crippen LogP contribution in [0.1, 0.15) is 36.1 Å². The van der Waals surface area contributed by atoms with Crippen LogP contribution in [0.25, 0.3) is 0 Å². The molecule has 5 heteroatoms. The molecule has 4 aromatic carbocycles. The average Bonchev–Trinajstić information content (AvgIpc) is 2.88. The first-order valence-electron chi connectivity index (χ1n) is 10.8. The third-order valence-electron chi connectivity index (χ3n) is 5.65. The van der Waals surface area contributed by atoms with Crippen LogP contribution in [0.5, 0.6) is 11.5 Å². The molecular formula is C29H22N4O. The summed E-state index contributed by atoms with van der Waals surface area (Å²) >= 11 is 0. The molecule has 0 aliphatic heterocycles. The van der Waals surface area contributed by atoms with E-state index in [1.54, 1.807) is 18.2 Å². The minimum Gasteiger partial charge on any atom is -0.456 e. The lowest BCUT2D eigenvalue weighted by atomic mass is 9.77. The molecule has 0 N–H and O–H groups in total. The molecule has 34 heavy (non-hydrogen) atoms. The van der Waals surface area contributed by atoms with Gasteiger partial charge in [-0.1, -0.05) is 74.5 Å². The van der Waals surface area contributed by atoms with Crippen molar-refractivity contribution in [1.29, 1.82) is 10.5 Å². The van der Waals surface area contributed by atoms with Crippen molar-refractivity contribution in [3.8, 4) is 23.6 Å². The van der Waals surface area contributed by atoms with Crippen molar-refractivity contribution in [2.75, 3.05) is 0 Å². The quantitative estimate of drug-likeness (QED) is 0.284. The van der Waals surface area contributed by atoms with Crippen LogP contribution < -0.4 is 4.74 Å². The standard InChI is InChI=1S/C29H22N4O/c1-29(2,22-11-5-3-6-12-22)26-17-16-24(18-27(26)33-32-23-13-7-4-8-14-23)34-28-15-9-10-21(19-30)25(28)20-31/h3-18H,1-2H3. The summed E-state index contributed by atoms with van der Waals surface area (Å²) in [7, 11) is 0. The van der Waals surface area contributed by atoms with Crippen LogP contribution in [-0.2, 0) is 5.41 Å². The van der Waals surface area contributed by atoms with Gasteiger partial charge in [0.05, 0.1) is 16.9 Å². The van der Waals surface area contributed by atoms with Gasteiger partial charge in [-0.3, -0.25) is 0 Å². The zero-order valence-corrected chi connectivity index (χ0v) is 18.9. The Kier molecular flexibility index (Phi) is 6.48. The second kappa shape index (κ2) is 9.81. The maximum atomic E-state index is 9.54. The van der Waals surface area contributed by atoms with E-state index >= 15 is 0 Å². The molecule has 0 saturated heterocycles. The minimum atomic E-state index is -0.344. The highest BCUT2D eigenvalue weighted by molar-refractivity contribution is 5.59. The van der Waals surface area contributed by atoms with E-state index in [1.165, 1.54) is 0 Å². The zero-order chi connectivity index (χ0) is 24.0. The number of ether oxygens (including phenoxy) is 1. The SMILES string of the molecule is CC(C)(c1ccccc1)c1ccc(Oc2cccc(C#N)c2C#N)cc1N=Nc1ccccc1. The summed E-state index contributed by atoms with van der Waals surface area (Å²) in [4.78, 5) is 0. The molecule has 0 unspecified atom stereocenters. The summed E-state index contributed by atoms with van der Waals surface area (Å²) in [5.74, 6) is 0.823.